The summed E-state index contributed by atoms with van der Waals surface area (Å²) in [5, 5.41) is 1.33. The first-order chi connectivity index (χ1) is 11.0. The average Bonchev–Trinajstić information content (AvgIpc) is 2.97. The van der Waals surface area contributed by atoms with Crippen LogP contribution < -0.4 is 0 Å². The summed E-state index contributed by atoms with van der Waals surface area (Å²) < 4.78 is 25.0. The van der Waals surface area contributed by atoms with Gasteiger partial charge in [-0.3, -0.25) is 0 Å². The van der Waals surface area contributed by atoms with Crippen LogP contribution in [0.25, 0.3) is 0 Å². The minimum atomic E-state index is -3.08. The standard InChI is InChI=1S/C16H27N3O2S2/c1-18(2)23(20,21)12-11-19-9-7-13(8-10-19)16-17-14-5-3-4-6-15(14)22-16/h13H,3-12H2,1-2H3. The first-order valence-corrected chi connectivity index (χ1v) is 11.0. The highest BCUT2D eigenvalue weighted by Crippen LogP contribution is 2.35. The van der Waals surface area contributed by atoms with Gasteiger partial charge in [-0.25, -0.2) is 17.7 Å². The molecule has 5 nitrogen and oxygen atoms in total. The van der Waals surface area contributed by atoms with Crippen LogP contribution in [0.4, 0.5) is 0 Å². The Kier molecular flexibility index (Phi) is 5.40. The summed E-state index contributed by atoms with van der Waals surface area (Å²) >= 11 is 1.93. The van der Waals surface area contributed by atoms with E-state index in [0.29, 0.717) is 12.5 Å². The fraction of sp³-hybridized carbons (Fsp3) is 0.812. The maximum absolute atomic E-state index is 11.9. The number of likely N-dealkylation sites (tertiary alicyclic amines) is 1. The Morgan fingerprint density at radius 3 is 2.57 bits per heavy atom. The number of hydrogen-bond donors (Lipinski definition) is 0. The largest absolute Gasteiger partial charge is 0.302 e. The number of aryl methyl sites for hydroxylation is 2. The van der Waals surface area contributed by atoms with Gasteiger partial charge in [0.25, 0.3) is 0 Å². The third-order valence-corrected chi connectivity index (χ3v) is 8.15. The first kappa shape index (κ1) is 17.3. The molecular formula is C16H27N3O2S2. The van der Waals surface area contributed by atoms with E-state index in [9.17, 15) is 8.42 Å². The van der Waals surface area contributed by atoms with Crippen molar-refractivity contribution in [1.82, 2.24) is 14.2 Å². The minimum absolute atomic E-state index is 0.218. The smallest absolute Gasteiger partial charge is 0.214 e. The monoisotopic (exact) mass is 357 g/mol. The molecule has 0 saturated carbocycles. The zero-order valence-electron chi connectivity index (χ0n) is 14.1. The van der Waals surface area contributed by atoms with Crippen LogP contribution in [0, 0.1) is 0 Å². The van der Waals surface area contributed by atoms with Crippen molar-refractivity contribution in [2.24, 2.45) is 0 Å². The van der Waals surface area contributed by atoms with Gasteiger partial charge in [0.2, 0.25) is 10.0 Å². The molecule has 3 rings (SSSR count). The van der Waals surface area contributed by atoms with E-state index in [2.05, 4.69) is 4.90 Å². The lowest BCUT2D eigenvalue weighted by Gasteiger charge is -2.31. The number of nitrogens with zero attached hydrogens (tertiary/aromatic N) is 3. The SMILES string of the molecule is CN(C)S(=O)(=O)CCN1CCC(c2nc3c(s2)CCCC3)CC1. The Morgan fingerprint density at radius 1 is 1.22 bits per heavy atom. The minimum Gasteiger partial charge on any atom is -0.302 e. The molecule has 0 unspecified atom stereocenters. The lowest BCUT2D eigenvalue weighted by molar-refractivity contribution is 0.222. The van der Waals surface area contributed by atoms with Crippen molar-refractivity contribution in [2.45, 2.75) is 44.4 Å². The van der Waals surface area contributed by atoms with E-state index in [0.717, 1.165) is 32.4 Å². The summed E-state index contributed by atoms with van der Waals surface area (Å²) in [6, 6.07) is 0. The van der Waals surface area contributed by atoms with Crippen LogP contribution in [0.1, 0.15) is 47.2 Å². The van der Waals surface area contributed by atoms with Crippen LogP contribution in [0.5, 0.6) is 0 Å². The zero-order valence-corrected chi connectivity index (χ0v) is 15.8. The zero-order chi connectivity index (χ0) is 16.4. The van der Waals surface area contributed by atoms with E-state index in [1.54, 1.807) is 14.1 Å². The van der Waals surface area contributed by atoms with Crippen molar-refractivity contribution >= 4 is 21.4 Å². The molecule has 0 N–H and O–H groups in total. The van der Waals surface area contributed by atoms with Gasteiger partial charge in [-0.15, -0.1) is 11.3 Å². The molecule has 1 saturated heterocycles. The summed E-state index contributed by atoms with van der Waals surface area (Å²) in [7, 11) is 0.122. The van der Waals surface area contributed by atoms with Crippen LogP contribution in [0.3, 0.4) is 0 Å². The highest BCUT2D eigenvalue weighted by molar-refractivity contribution is 7.89. The summed E-state index contributed by atoms with van der Waals surface area (Å²) in [6.45, 7) is 2.61. The molecule has 1 aromatic rings. The predicted octanol–water partition coefficient (Wildman–Crippen LogP) is 2.09. The molecule has 0 atom stereocenters. The lowest BCUT2D eigenvalue weighted by atomic mass is 9.97. The van der Waals surface area contributed by atoms with Gasteiger partial charge < -0.3 is 4.90 Å². The fourth-order valence-electron chi connectivity index (χ4n) is 3.38. The van der Waals surface area contributed by atoms with Gasteiger partial charge in [0.15, 0.2) is 0 Å². The van der Waals surface area contributed by atoms with Crippen molar-refractivity contribution in [1.29, 1.82) is 0 Å². The van der Waals surface area contributed by atoms with E-state index in [1.807, 2.05) is 11.3 Å². The molecule has 2 aliphatic rings. The number of piperidine rings is 1. The third kappa shape index (κ3) is 4.13. The van der Waals surface area contributed by atoms with E-state index in [-0.39, 0.29) is 5.75 Å². The molecule has 1 fully saturated rings. The molecular weight excluding hydrogens is 330 g/mol. The van der Waals surface area contributed by atoms with Gasteiger partial charge in [0, 0.05) is 31.4 Å². The molecule has 0 bridgehead atoms. The van der Waals surface area contributed by atoms with Crippen molar-refractivity contribution in [3.63, 3.8) is 0 Å². The Balaban J connectivity index is 1.51. The maximum Gasteiger partial charge on any atom is 0.214 e. The number of rotatable bonds is 5. The van der Waals surface area contributed by atoms with Gasteiger partial charge in [-0.2, -0.15) is 0 Å². The van der Waals surface area contributed by atoms with Gasteiger partial charge in [-0.1, -0.05) is 0 Å². The van der Waals surface area contributed by atoms with Crippen LogP contribution in [0.2, 0.25) is 0 Å². The molecule has 1 aliphatic carbocycles. The molecule has 0 spiro atoms. The Labute approximate surface area is 143 Å². The number of aromatic nitrogens is 1. The molecule has 23 heavy (non-hydrogen) atoms. The molecule has 7 heteroatoms. The molecule has 1 aromatic heterocycles. The fourth-order valence-corrected chi connectivity index (χ4v) is 5.55. The number of hydrogen-bond acceptors (Lipinski definition) is 5. The molecule has 2 heterocycles. The lowest BCUT2D eigenvalue weighted by Crippen LogP contribution is -2.38. The summed E-state index contributed by atoms with van der Waals surface area (Å²) in [6.07, 6.45) is 7.19. The predicted molar refractivity (Wildman–Crippen MR) is 94.6 cm³/mol. The molecule has 1 aliphatic heterocycles. The number of sulfonamides is 1. The first-order valence-electron chi connectivity index (χ1n) is 8.57. The van der Waals surface area contributed by atoms with Crippen molar-refractivity contribution < 1.29 is 8.42 Å². The van der Waals surface area contributed by atoms with Gasteiger partial charge >= 0.3 is 0 Å². The Morgan fingerprint density at radius 2 is 1.91 bits per heavy atom. The topological polar surface area (TPSA) is 53.5 Å². The molecule has 0 amide bonds. The third-order valence-electron chi connectivity index (χ3n) is 5.02. The highest BCUT2D eigenvalue weighted by atomic mass is 32.2. The van der Waals surface area contributed by atoms with Crippen LogP contribution in [-0.2, 0) is 22.9 Å². The quantitative estimate of drug-likeness (QED) is 0.810. The molecule has 0 aromatic carbocycles. The number of fused-ring (bicyclic) bond motifs is 1. The average molecular weight is 358 g/mol. The summed E-state index contributed by atoms with van der Waals surface area (Å²) in [4.78, 5) is 8.71. The molecule has 0 radical (unpaired) electrons. The van der Waals surface area contributed by atoms with E-state index in [1.165, 1.54) is 39.1 Å². The molecule has 130 valence electrons. The van der Waals surface area contributed by atoms with Gasteiger partial charge in [0.05, 0.1) is 16.5 Å². The maximum atomic E-state index is 11.9. The van der Waals surface area contributed by atoms with Crippen molar-refractivity contribution in [3.8, 4) is 0 Å². The number of thiazole rings is 1. The van der Waals surface area contributed by atoms with E-state index >= 15 is 0 Å². The van der Waals surface area contributed by atoms with Crippen molar-refractivity contribution in [2.75, 3.05) is 39.5 Å². The van der Waals surface area contributed by atoms with Crippen LogP contribution in [-0.4, -0.2) is 62.1 Å². The summed E-state index contributed by atoms with van der Waals surface area (Å²) in [5.41, 5.74) is 1.36. The normalized spacial score (nSPS) is 20.8. The van der Waals surface area contributed by atoms with Crippen molar-refractivity contribution in [3.05, 3.63) is 15.6 Å². The second-order valence-corrected chi connectivity index (χ2v) is 10.3. The van der Waals surface area contributed by atoms with Crippen LogP contribution >= 0.6 is 11.3 Å². The Bertz CT molecular complexity index is 608. The second-order valence-electron chi connectivity index (χ2n) is 6.84. The Hall–Kier alpha value is -0.500. The highest BCUT2D eigenvalue weighted by Gasteiger charge is 2.26. The van der Waals surface area contributed by atoms with E-state index in [4.69, 9.17) is 4.98 Å². The second kappa shape index (κ2) is 7.17. The summed E-state index contributed by atoms with van der Waals surface area (Å²) in [5.74, 6) is 0.795. The van der Waals surface area contributed by atoms with E-state index < -0.39 is 10.0 Å². The van der Waals surface area contributed by atoms with Gasteiger partial charge in [0.1, 0.15) is 0 Å². The van der Waals surface area contributed by atoms with Gasteiger partial charge in [-0.05, 0) is 51.6 Å². The van der Waals surface area contributed by atoms with Crippen LogP contribution in [0.15, 0.2) is 0 Å².